The maximum Gasteiger partial charge on any atom is 0.185 e. The van der Waals surface area contributed by atoms with E-state index in [1.165, 1.54) is 11.1 Å². The van der Waals surface area contributed by atoms with Crippen LogP contribution in [0.5, 0.6) is 0 Å². The van der Waals surface area contributed by atoms with Crippen LogP contribution in [0.2, 0.25) is 0 Å². The average Bonchev–Trinajstić information content (AvgIpc) is 2.67. The van der Waals surface area contributed by atoms with Crippen molar-refractivity contribution in [2.45, 2.75) is 18.4 Å². The smallest absolute Gasteiger partial charge is 0.185 e. The van der Waals surface area contributed by atoms with Gasteiger partial charge in [-0.3, -0.25) is 9.69 Å². The summed E-state index contributed by atoms with van der Waals surface area (Å²) in [5.74, 6) is 0.422. The van der Waals surface area contributed by atoms with E-state index in [1.54, 1.807) is 6.08 Å². The summed E-state index contributed by atoms with van der Waals surface area (Å²) in [4.78, 5) is 14.8. The molecule has 1 aliphatic heterocycles. The zero-order valence-corrected chi connectivity index (χ0v) is 14.4. The molecular weight excluding hydrogens is 306 g/mol. The predicted octanol–water partition coefficient (Wildman–Crippen LogP) is 4.39. The van der Waals surface area contributed by atoms with E-state index >= 15 is 0 Å². The van der Waals surface area contributed by atoms with Crippen LogP contribution in [0.1, 0.15) is 27.9 Å². The van der Waals surface area contributed by atoms with E-state index in [4.69, 9.17) is 0 Å². The zero-order valence-electron chi connectivity index (χ0n) is 14.4. The number of rotatable bonds is 3. The maximum atomic E-state index is 12.3. The van der Waals surface area contributed by atoms with Gasteiger partial charge in [-0.15, -0.1) is 6.58 Å². The number of hydrogen-bond acceptors (Lipinski definition) is 2. The Kier molecular flexibility index (Phi) is 4.14. The molecular formula is C23H23NO. The molecule has 2 atom stereocenters. The highest BCUT2D eigenvalue weighted by atomic mass is 16.1. The van der Waals surface area contributed by atoms with Crippen LogP contribution in [-0.4, -0.2) is 23.8 Å². The molecule has 1 spiro atoms. The van der Waals surface area contributed by atoms with Crippen LogP contribution < -0.4 is 0 Å². The Balaban J connectivity index is 1.63. The lowest BCUT2D eigenvalue weighted by Gasteiger charge is -2.47. The fourth-order valence-electron chi connectivity index (χ4n) is 4.38. The van der Waals surface area contributed by atoms with Gasteiger partial charge in [0.25, 0.3) is 0 Å². The molecule has 25 heavy (non-hydrogen) atoms. The van der Waals surface area contributed by atoms with E-state index in [1.807, 2.05) is 18.2 Å². The molecule has 0 bridgehead atoms. The van der Waals surface area contributed by atoms with Gasteiger partial charge in [-0.25, -0.2) is 0 Å². The van der Waals surface area contributed by atoms with Gasteiger partial charge in [-0.1, -0.05) is 66.7 Å². The van der Waals surface area contributed by atoms with Crippen molar-refractivity contribution in [3.63, 3.8) is 0 Å². The number of allylic oxidation sites excluding steroid dienone is 2. The first-order valence-corrected chi connectivity index (χ1v) is 8.95. The Bertz CT molecular complexity index is 823. The van der Waals surface area contributed by atoms with E-state index in [-0.39, 0.29) is 11.2 Å². The van der Waals surface area contributed by atoms with Gasteiger partial charge in [0.15, 0.2) is 5.78 Å². The number of benzene rings is 2. The van der Waals surface area contributed by atoms with E-state index in [0.717, 1.165) is 31.6 Å². The second-order valence-electron chi connectivity index (χ2n) is 7.10. The molecule has 0 radical (unpaired) electrons. The molecule has 0 saturated carbocycles. The number of piperidine rings is 1. The number of nitrogens with zero attached hydrogens (tertiary/aromatic N) is 1. The van der Waals surface area contributed by atoms with Crippen LogP contribution in [0.25, 0.3) is 0 Å². The maximum absolute atomic E-state index is 12.3. The molecule has 2 aromatic rings. The van der Waals surface area contributed by atoms with Gasteiger partial charge in [0.05, 0.1) is 0 Å². The summed E-state index contributed by atoms with van der Waals surface area (Å²) in [5.41, 5.74) is 3.27. The lowest BCUT2D eigenvalue weighted by atomic mass is 9.62. The van der Waals surface area contributed by atoms with Crippen LogP contribution in [0.3, 0.4) is 0 Å². The first kappa shape index (κ1) is 16.0. The molecule has 2 nitrogen and oxygen atoms in total. The van der Waals surface area contributed by atoms with Crippen LogP contribution in [0, 0.1) is 5.92 Å². The largest absolute Gasteiger partial charge is 0.298 e. The van der Waals surface area contributed by atoms with Gasteiger partial charge in [-0.2, -0.15) is 0 Å². The molecule has 0 N–H and O–H groups in total. The standard InChI is InChI=1S/C23H23NO/c1-2-19-17-24(16-18-8-4-3-5-9-18)15-14-23(19)13-12-22(25)20-10-6-7-11-21(20)23/h2-13,19H,1,14-17H2/t19-,23-/m1/s1. The number of hydrogen-bond donors (Lipinski definition) is 0. The van der Waals surface area contributed by atoms with Gasteiger partial charge in [0.1, 0.15) is 0 Å². The van der Waals surface area contributed by atoms with E-state index in [9.17, 15) is 4.79 Å². The third-order valence-electron chi connectivity index (χ3n) is 5.72. The van der Waals surface area contributed by atoms with Crippen molar-refractivity contribution < 1.29 is 4.79 Å². The van der Waals surface area contributed by atoms with Crippen LogP contribution >= 0.6 is 0 Å². The summed E-state index contributed by atoms with van der Waals surface area (Å²) < 4.78 is 0. The van der Waals surface area contributed by atoms with Gasteiger partial charge in [-0.05, 0) is 30.2 Å². The Morgan fingerprint density at radius 2 is 1.88 bits per heavy atom. The highest BCUT2D eigenvalue weighted by molar-refractivity contribution is 6.07. The fourth-order valence-corrected chi connectivity index (χ4v) is 4.38. The first-order valence-electron chi connectivity index (χ1n) is 8.95. The fraction of sp³-hybridized carbons (Fsp3) is 0.261. The van der Waals surface area contributed by atoms with E-state index < -0.39 is 0 Å². The molecule has 1 saturated heterocycles. The Labute approximate surface area is 149 Å². The van der Waals surface area contributed by atoms with Crippen molar-refractivity contribution in [1.29, 1.82) is 0 Å². The quantitative estimate of drug-likeness (QED) is 0.779. The zero-order chi connectivity index (χ0) is 17.3. The minimum atomic E-state index is -0.0978. The van der Waals surface area contributed by atoms with Gasteiger partial charge in [0, 0.05) is 30.0 Å². The molecule has 1 heterocycles. The van der Waals surface area contributed by atoms with Crippen LogP contribution in [0.15, 0.2) is 79.4 Å². The second-order valence-corrected chi connectivity index (χ2v) is 7.10. The molecule has 0 amide bonds. The van der Waals surface area contributed by atoms with Gasteiger partial charge >= 0.3 is 0 Å². The lowest BCUT2D eigenvalue weighted by Crippen LogP contribution is -2.49. The van der Waals surface area contributed by atoms with Crippen molar-refractivity contribution in [1.82, 2.24) is 4.90 Å². The lowest BCUT2D eigenvalue weighted by molar-refractivity contribution is 0.102. The molecule has 2 heteroatoms. The summed E-state index contributed by atoms with van der Waals surface area (Å²) in [7, 11) is 0. The van der Waals surface area contributed by atoms with Crippen molar-refractivity contribution in [2.24, 2.45) is 5.92 Å². The summed E-state index contributed by atoms with van der Waals surface area (Å²) in [5, 5.41) is 0. The normalized spacial score (nSPS) is 25.8. The summed E-state index contributed by atoms with van der Waals surface area (Å²) in [6.07, 6.45) is 7.00. The Morgan fingerprint density at radius 3 is 2.68 bits per heavy atom. The number of carbonyl (C=O) groups is 1. The second kappa shape index (κ2) is 6.45. The highest BCUT2D eigenvalue weighted by Gasteiger charge is 2.44. The highest BCUT2D eigenvalue weighted by Crippen LogP contribution is 2.45. The molecule has 4 rings (SSSR count). The minimum Gasteiger partial charge on any atom is -0.298 e. The van der Waals surface area contributed by atoms with Gasteiger partial charge in [0.2, 0.25) is 0 Å². The third-order valence-corrected chi connectivity index (χ3v) is 5.72. The number of carbonyl (C=O) groups excluding carboxylic acids is 1. The molecule has 1 fully saturated rings. The number of likely N-dealkylation sites (tertiary alicyclic amines) is 1. The van der Waals surface area contributed by atoms with E-state index in [0.29, 0.717) is 5.92 Å². The van der Waals surface area contributed by atoms with Crippen molar-refractivity contribution in [2.75, 3.05) is 13.1 Å². The number of fused-ring (bicyclic) bond motifs is 2. The SMILES string of the molecule is C=C[C@@H]1CN(Cc2ccccc2)CC[C@]12C=CC(=O)c1ccccc12. The summed E-state index contributed by atoms with van der Waals surface area (Å²) >= 11 is 0. The molecule has 126 valence electrons. The van der Waals surface area contributed by atoms with Crippen LogP contribution in [0.4, 0.5) is 0 Å². The van der Waals surface area contributed by atoms with Crippen molar-refractivity contribution >= 4 is 5.78 Å². The topological polar surface area (TPSA) is 20.3 Å². The molecule has 1 aliphatic carbocycles. The third kappa shape index (κ3) is 2.77. The first-order chi connectivity index (χ1) is 12.2. The molecule has 2 aromatic carbocycles. The predicted molar refractivity (Wildman–Crippen MR) is 102 cm³/mol. The Hall–Kier alpha value is -2.45. The monoisotopic (exact) mass is 329 g/mol. The van der Waals surface area contributed by atoms with Gasteiger partial charge < -0.3 is 0 Å². The summed E-state index contributed by atoms with van der Waals surface area (Å²) in [6.45, 7) is 7.07. The van der Waals surface area contributed by atoms with Crippen molar-refractivity contribution in [3.8, 4) is 0 Å². The van der Waals surface area contributed by atoms with Crippen LogP contribution in [-0.2, 0) is 12.0 Å². The average molecular weight is 329 g/mol. The molecule has 0 unspecified atom stereocenters. The van der Waals surface area contributed by atoms with Crippen molar-refractivity contribution in [3.05, 3.63) is 96.1 Å². The molecule has 2 aliphatic rings. The minimum absolute atomic E-state index is 0.0978. The Morgan fingerprint density at radius 1 is 1.12 bits per heavy atom. The molecule has 0 aromatic heterocycles. The summed E-state index contributed by atoms with van der Waals surface area (Å²) in [6, 6.07) is 18.7. The number of ketones is 1. The van der Waals surface area contributed by atoms with E-state index in [2.05, 4.69) is 60.0 Å².